The second-order valence-corrected chi connectivity index (χ2v) is 5.34. The molecule has 2 rings (SSSR count). The molecule has 5 nitrogen and oxygen atoms in total. The maximum Gasteiger partial charge on any atom is 0.260 e. The van der Waals surface area contributed by atoms with Crippen LogP contribution in [0, 0.1) is 13.8 Å². The number of rotatable bonds is 4. The molecule has 21 heavy (non-hydrogen) atoms. The summed E-state index contributed by atoms with van der Waals surface area (Å²) < 4.78 is 0. The first-order valence-corrected chi connectivity index (χ1v) is 7.68. The number of hydrogen-bond acceptors (Lipinski definition) is 5. The lowest BCUT2D eigenvalue weighted by Gasteiger charge is -2.11. The number of anilines is 1. The minimum absolute atomic E-state index is 0.0181. The zero-order valence-corrected chi connectivity index (χ0v) is 13.0. The van der Waals surface area contributed by atoms with Crippen LogP contribution in [0.3, 0.4) is 0 Å². The van der Waals surface area contributed by atoms with E-state index in [1.165, 1.54) is 11.8 Å². The van der Waals surface area contributed by atoms with Gasteiger partial charge < -0.3 is 10.4 Å². The van der Waals surface area contributed by atoms with Crippen LogP contribution in [-0.2, 0) is 6.61 Å². The third-order valence-corrected chi connectivity index (χ3v) is 3.67. The summed E-state index contributed by atoms with van der Waals surface area (Å²) in [6.45, 7) is 3.59. The van der Waals surface area contributed by atoms with Crippen molar-refractivity contribution < 1.29 is 9.90 Å². The molecule has 1 aromatic carbocycles. The van der Waals surface area contributed by atoms with Crippen molar-refractivity contribution in [2.75, 3.05) is 11.6 Å². The summed E-state index contributed by atoms with van der Waals surface area (Å²) in [7, 11) is 0. The highest BCUT2D eigenvalue weighted by molar-refractivity contribution is 7.98. The molecule has 1 aromatic heterocycles. The lowest BCUT2D eigenvalue weighted by molar-refractivity contribution is 0.102. The van der Waals surface area contributed by atoms with Gasteiger partial charge in [-0.15, -0.1) is 11.8 Å². The predicted molar refractivity (Wildman–Crippen MR) is 83.6 cm³/mol. The van der Waals surface area contributed by atoms with Crippen molar-refractivity contribution in [2.24, 2.45) is 0 Å². The molecule has 110 valence electrons. The van der Waals surface area contributed by atoms with Gasteiger partial charge in [0, 0.05) is 5.69 Å². The summed E-state index contributed by atoms with van der Waals surface area (Å²) in [4.78, 5) is 21.0. The van der Waals surface area contributed by atoms with Gasteiger partial charge in [-0.2, -0.15) is 0 Å². The van der Waals surface area contributed by atoms with Crippen LogP contribution in [0.25, 0.3) is 0 Å². The first-order valence-electron chi connectivity index (χ1n) is 6.45. The molecule has 6 heteroatoms. The maximum absolute atomic E-state index is 12.4. The molecule has 0 aliphatic heterocycles. The van der Waals surface area contributed by atoms with E-state index in [1.807, 2.05) is 13.2 Å². The van der Waals surface area contributed by atoms with Crippen molar-refractivity contribution in [1.29, 1.82) is 0 Å². The van der Waals surface area contributed by atoms with Crippen molar-refractivity contribution in [3.05, 3.63) is 46.9 Å². The Morgan fingerprint density at radius 2 is 1.90 bits per heavy atom. The predicted octanol–water partition coefficient (Wildman–Crippen LogP) is 2.56. The number of aromatic nitrogens is 2. The third-order valence-electron chi connectivity index (χ3n) is 2.98. The second-order valence-electron chi connectivity index (χ2n) is 4.55. The van der Waals surface area contributed by atoms with Gasteiger partial charge in [0.2, 0.25) is 0 Å². The molecule has 1 amide bonds. The van der Waals surface area contributed by atoms with Crippen LogP contribution in [0.5, 0.6) is 0 Å². The molecule has 0 aliphatic carbocycles. The summed E-state index contributed by atoms with van der Waals surface area (Å²) in [5, 5.41) is 12.5. The standard InChI is InChI=1S/C15H17N3O2S/c1-9-13(15(21-3)17-10(2)16-9)14(20)18-12-6-4-11(8-19)5-7-12/h4-7,19H,8H2,1-3H3,(H,18,20). The molecule has 0 saturated carbocycles. The molecule has 0 unspecified atom stereocenters. The van der Waals surface area contributed by atoms with E-state index in [0.29, 0.717) is 27.8 Å². The van der Waals surface area contributed by atoms with Gasteiger partial charge in [-0.05, 0) is 37.8 Å². The molecule has 0 bridgehead atoms. The Hall–Kier alpha value is -1.92. The van der Waals surface area contributed by atoms with Crippen molar-refractivity contribution >= 4 is 23.4 Å². The Labute approximate surface area is 127 Å². The summed E-state index contributed by atoms with van der Waals surface area (Å²) in [6, 6.07) is 7.05. The van der Waals surface area contributed by atoms with Crippen LogP contribution in [0.1, 0.15) is 27.4 Å². The van der Waals surface area contributed by atoms with Crippen LogP contribution in [0.4, 0.5) is 5.69 Å². The molecule has 1 heterocycles. The van der Waals surface area contributed by atoms with Gasteiger partial charge >= 0.3 is 0 Å². The molecule has 0 radical (unpaired) electrons. The number of hydrogen-bond donors (Lipinski definition) is 2. The van der Waals surface area contributed by atoms with Crippen LogP contribution in [-0.4, -0.2) is 27.2 Å². The van der Waals surface area contributed by atoms with Crippen LogP contribution >= 0.6 is 11.8 Å². The maximum atomic E-state index is 12.4. The lowest BCUT2D eigenvalue weighted by atomic mass is 10.2. The average molecular weight is 303 g/mol. The zero-order chi connectivity index (χ0) is 15.4. The van der Waals surface area contributed by atoms with Gasteiger partial charge in [-0.25, -0.2) is 9.97 Å². The Bertz CT molecular complexity index is 657. The SMILES string of the molecule is CSc1nc(C)nc(C)c1C(=O)Nc1ccc(CO)cc1. The lowest BCUT2D eigenvalue weighted by Crippen LogP contribution is -2.17. The van der Waals surface area contributed by atoms with Crippen LogP contribution < -0.4 is 5.32 Å². The zero-order valence-electron chi connectivity index (χ0n) is 12.2. The van der Waals surface area contributed by atoms with Gasteiger partial charge in [0.1, 0.15) is 10.9 Å². The van der Waals surface area contributed by atoms with E-state index in [0.717, 1.165) is 5.56 Å². The minimum Gasteiger partial charge on any atom is -0.392 e. The number of aryl methyl sites for hydroxylation is 2. The first-order chi connectivity index (χ1) is 10.0. The van der Waals surface area contributed by atoms with Crippen LogP contribution in [0.15, 0.2) is 29.3 Å². The fourth-order valence-electron chi connectivity index (χ4n) is 1.98. The normalized spacial score (nSPS) is 10.5. The Morgan fingerprint density at radius 1 is 1.24 bits per heavy atom. The van der Waals surface area contributed by atoms with E-state index in [9.17, 15) is 4.79 Å². The minimum atomic E-state index is -0.228. The Morgan fingerprint density at radius 3 is 2.48 bits per heavy atom. The van der Waals surface area contributed by atoms with Crippen molar-refractivity contribution in [1.82, 2.24) is 9.97 Å². The quantitative estimate of drug-likeness (QED) is 0.670. The van der Waals surface area contributed by atoms with Gasteiger partial charge in [-0.1, -0.05) is 12.1 Å². The van der Waals surface area contributed by atoms with Crippen molar-refractivity contribution in [3.63, 3.8) is 0 Å². The number of carbonyl (C=O) groups excluding carboxylic acids is 1. The molecule has 0 aliphatic rings. The number of amides is 1. The van der Waals surface area contributed by atoms with Gasteiger partial charge in [0.25, 0.3) is 5.91 Å². The molecule has 0 spiro atoms. The molecule has 2 N–H and O–H groups in total. The second kappa shape index (κ2) is 6.69. The largest absolute Gasteiger partial charge is 0.392 e. The highest BCUT2D eigenvalue weighted by Gasteiger charge is 2.17. The first kappa shape index (κ1) is 15.5. The number of nitrogens with zero attached hydrogens (tertiary/aromatic N) is 2. The summed E-state index contributed by atoms with van der Waals surface area (Å²) in [5.74, 6) is 0.425. The summed E-state index contributed by atoms with van der Waals surface area (Å²) >= 11 is 1.42. The van der Waals surface area contributed by atoms with E-state index < -0.39 is 0 Å². The van der Waals surface area contributed by atoms with E-state index >= 15 is 0 Å². The number of benzene rings is 1. The third kappa shape index (κ3) is 3.59. The number of aliphatic hydroxyl groups excluding tert-OH is 1. The summed E-state index contributed by atoms with van der Waals surface area (Å²) in [6.07, 6.45) is 1.88. The summed E-state index contributed by atoms with van der Waals surface area (Å²) in [5.41, 5.74) is 2.63. The molecular weight excluding hydrogens is 286 g/mol. The Kier molecular flexibility index (Phi) is 4.93. The van der Waals surface area contributed by atoms with Gasteiger partial charge in [0.05, 0.1) is 17.9 Å². The average Bonchev–Trinajstić information content (AvgIpc) is 2.46. The highest BCUT2D eigenvalue weighted by atomic mass is 32.2. The molecular formula is C15H17N3O2S. The van der Waals surface area contributed by atoms with Crippen molar-refractivity contribution in [2.45, 2.75) is 25.5 Å². The fourth-order valence-corrected chi connectivity index (χ4v) is 2.65. The Balaban J connectivity index is 2.27. The highest BCUT2D eigenvalue weighted by Crippen LogP contribution is 2.22. The smallest absolute Gasteiger partial charge is 0.260 e. The van der Waals surface area contributed by atoms with Crippen molar-refractivity contribution in [3.8, 4) is 0 Å². The molecule has 0 atom stereocenters. The van der Waals surface area contributed by atoms with E-state index in [2.05, 4.69) is 15.3 Å². The monoisotopic (exact) mass is 303 g/mol. The van der Waals surface area contributed by atoms with E-state index in [-0.39, 0.29) is 12.5 Å². The number of carbonyl (C=O) groups is 1. The van der Waals surface area contributed by atoms with E-state index in [4.69, 9.17) is 5.11 Å². The number of nitrogens with one attached hydrogen (secondary N) is 1. The molecule has 0 fully saturated rings. The molecule has 0 saturated heterocycles. The number of aliphatic hydroxyl groups is 1. The topological polar surface area (TPSA) is 75.1 Å². The fraction of sp³-hybridized carbons (Fsp3) is 0.267. The van der Waals surface area contributed by atoms with Gasteiger partial charge in [0.15, 0.2) is 0 Å². The van der Waals surface area contributed by atoms with Gasteiger partial charge in [-0.3, -0.25) is 4.79 Å². The van der Waals surface area contributed by atoms with E-state index in [1.54, 1.807) is 31.2 Å². The number of thioether (sulfide) groups is 1. The molecule has 2 aromatic rings. The van der Waals surface area contributed by atoms with Crippen LogP contribution in [0.2, 0.25) is 0 Å².